The summed E-state index contributed by atoms with van der Waals surface area (Å²) in [5, 5.41) is 0. The third-order valence-electron chi connectivity index (χ3n) is 6.88. The van der Waals surface area contributed by atoms with Crippen LogP contribution in [0.4, 0.5) is 0 Å². The molecule has 0 aromatic carbocycles. The van der Waals surface area contributed by atoms with Crippen LogP contribution in [0.2, 0.25) is 0 Å². The summed E-state index contributed by atoms with van der Waals surface area (Å²) >= 11 is 0. The molecule has 194 valence electrons. The molecule has 0 unspecified atom stereocenters. The zero-order valence-corrected chi connectivity index (χ0v) is 23.4. The SMILES string of the molecule is CCOC(C)(C)CCCCCCCCCCCCCCCCCCCCC(C)(C)OCC. The average Bonchev–Trinajstić information content (AvgIpc) is 2.72. The summed E-state index contributed by atoms with van der Waals surface area (Å²) in [6.07, 6.45) is 28.0. The lowest BCUT2D eigenvalue weighted by atomic mass is 9.98. The summed E-state index contributed by atoms with van der Waals surface area (Å²) in [7, 11) is 0. The second-order valence-corrected chi connectivity index (χ2v) is 11.2. The Bertz CT molecular complexity index is 339. The van der Waals surface area contributed by atoms with Crippen LogP contribution < -0.4 is 0 Å². The molecule has 2 nitrogen and oxygen atoms in total. The highest BCUT2D eigenvalue weighted by atomic mass is 16.5. The van der Waals surface area contributed by atoms with E-state index in [0.29, 0.717) is 0 Å². The zero-order valence-electron chi connectivity index (χ0n) is 23.4. The zero-order chi connectivity index (χ0) is 24.0. The molecular weight excluding hydrogens is 392 g/mol. The minimum absolute atomic E-state index is 0.0795. The van der Waals surface area contributed by atoms with E-state index in [2.05, 4.69) is 41.5 Å². The maximum absolute atomic E-state index is 5.78. The second-order valence-electron chi connectivity index (χ2n) is 11.2. The Morgan fingerprint density at radius 1 is 0.344 bits per heavy atom. The van der Waals surface area contributed by atoms with Gasteiger partial charge in [0.05, 0.1) is 11.2 Å². The molecule has 0 aliphatic carbocycles. The van der Waals surface area contributed by atoms with Crippen molar-refractivity contribution in [1.29, 1.82) is 0 Å². The van der Waals surface area contributed by atoms with Crippen LogP contribution in [0.25, 0.3) is 0 Å². The molecule has 0 saturated carbocycles. The number of ether oxygens (including phenoxy) is 2. The Balaban J connectivity index is 3.18. The number of hydrogen-bond acceptors (Lipinski definition) is 2. The highest BCUT2D eigenvalue weighted by Crippen LogP contribution is 2.21. The highest BCUT2D eigenvalue weighted by molar-refractivity contribution is 4.68. The predicted octanol–water partition coefficient (Wildman–Crippen LogP) is 10.4. The van der Waals surface area contributed by atoms with Crippen LogP contribution in [0.3, 0.4) is 0 Å². The Hall–Kier alpha value is -0.0800. The summed E-state index contributed by atoms with van der Waals surface area (Å²) in [6, 6.07) is 0. The summed E-state index contributed by atoms with van der Waals surface area (Å²) in [5.74, 6) is 0. The maximum atomic E-state index is 5.78. The predicted molar refractivity (Wildman–Crippen MR) is 144 cm³/mol. The standard InChI is InChI=1S/C30H62O2/c1-7-31-29(3,4)27-25-23-21-19-17-15-13-11-9-10-12-14-16-18-20-22-24-26-28-30(5,6)32-8-2/h7-28H2,1-6H3. The largest absolute Gasteiger partial charge is 0.376 e. The van der Waals surface area contributed by atoms with Gasteiger partial charge in [-0.25, -0.2) is 0 Å². The molecule has 0 heterocycles. The Kier molecular flexibility index (Phi) is 21.4. The van der Waals surface area contributed by atoms with Crippen LogP contribution in [0, 0.1) is 0 Å². The summed E-state index contributed by atoms with van der Waals surface area (Å²) in [6.45, 7) is 14.8. The highest BCUT2D eigenvalue weighted by Gasteiger charge is 2.17. The van der Waals surface area contributed by atoms with Gasteiger partial charge >= 0.3 is 0 Å². The van der Waals surface area contributed by atoms with Crippen molar-refractivity contribution in [2.45, 2.75) is 181 Å². The van der Waals surface area contributed by atoms with Gasteiger partial charge in [0, 0.05) is 13.2 Å². The van der Waals surface area contributed by atoms with E-state index in [9.17, 15) is 0 Å². The monoisotopic (exact) mass is 454 g/mol. The molecule has 0 radical (unpaired) electrons. The molecular formula is C30H62O2. The molecule has 0 atom stereocenters. The molecule has 0 fully saturated rings. The second kappa shape index (κ2) is 21.5. The smallest absolute Gasteiger partial charge is 0.0626 e. The van der Waals surface area contributed by atoms with E-state index < -0.39 is 0 Å². The Labute approximate surface area is 204 Å². The Morgan fingerprint density at radius 3 is 0.719 bits per heavy atom. The summed E-state index contributed by atoms with van der Waals surface area (Å²) in [4.78, 5) is 0. The van der Waals surface area contributed by atoms with Crippen molar-refractivity contribution in [2.24, 2.45) is 0 Å². The Morgan fingerprint density at radius 2 is 0.531 bits per heavy atom. The molecule has 2 heteroatoms. The topological polar surface area (TPSA) is 18.5 Å². The van der Waals surface area contributed by atoms with Gasteiger partial charge in [-0.3, -0.25) is 0 Å². The fraction of sp³-hybridized carbons (Fsp3) is 1.00. The minimum atomic E-state index is 0.0795. The number of unbranched alkanes of at least 4 members (excludes halogenated alkanes) is 17. The van der Waals surface area contributed by atoms with Gasteiger partial charge in [-0.1, -0.05) is 116 Å². The van der Waals surface area contributed by atoms with E-state index in [4.69, 9.17) is 9.47 Å². The fourth-order valence-corrected chi connectivity index (χ4v) is 4.86. The van der Waals surface area contributed by atoms with Gasteiger partial charge in [-0.15, -0.1) is 0 Å². The van der Waals surface area contributed by atoms with E-state index in [1.807, 2.05) is 0 Å². The van der Waals surface area contributed by atoms with Gasteiger partial charge in [0.25, 0.3) is 0 Å². The lowest BCUT2D eigenvalue weighted by molar-refractivity contribution is -0.0181. The van der Waals surface area contributed by atoms with Crippen molar-refractivity contribution in [2.75, 3.05) is 13.2 Å². The van der Waals surface area contributed by atoms with Gasteiger partial charge in [0.1, 0.15) is 0 Å². The molecule has 0 rings (SSSR count). The van der Waals surface area contributed by atoms with E-state index in [1.165, 1.54) is 128 Å². The average molecular weight is 455 g/mol. The van der Waals surface area contributed by atoms with Gasteiger partial charge in [0.15, 0.2) is 0 Å². The summed E-state index contributed by atoms with van der Waals surface area (Å²) < 4.78 is 11.6. The van der Waals surface area contributed by atoms with Gasteiger partial charge in [-0.05, 0) is 54.4 Å². The first-order valence-corrected chi connectivity index (χ1v) is 14.6. The molecule has 0 N–H and O–H groups in total. The fourth-order valence-electron chi connectivity index (χ4n) is 4.86. The molecule has 0 saturated heterocycles. The number of rotatable bonds is 25. The van der Waals surface area contributed by atoms with Crippen molar-refractivity contribution in [3.63, 3.8) is 0 Å². The van der Waals surface area contributed by atoms with Crippen molar-refractivity contribution >= 4 is 0 Å². The van der Waals surface area contributed by atoms with E-state index >= 15 is 0 Å². The third kappa shape index (κ3) is 23.1. The minimum Gasteiger partial charge on any atom is -0.376 e. The normalized spacial score (nSPS) is 12.6. The molecule has 0 aromatic heterocycles. The van der Waals surface area contributed by atoms with Gasteiger partial charge in [0.2, 0.25) is 0 Å². The first-order valence-electron chi connectivity index (χ1n) is 14.6. The van der Waals surface area contributed by atoms with Crippen LogP contribution in [0.15, 0.2) is 0 Å². The van der Waals surface area contributed by atoms with Crippen molar-refractivity contribution in [3.05, 3.63) is 0 Å². The molecule has 0 aliphatic heterocycles. The lowest BCUT2D eigenvalue weighted by Crippen LogP contribution is -2.24. The quantitative estimate of drug-likeness (QED) is 0.128. The van der Waals surface area contributed by atoms with E-state index in [1.54, 1.807) is 0 Å². The first-order chi connectivity index (χ1) is 15.3. The molecule has 0 amide bonds. The molecule has 0 aromatic rings. The van der Waals surface area contributed by atoms with E-state index in [-0.39, 0.29) is 11.2 Å². The van der Waals surface area contributed by atoms with Crippen molar-refractivity contribution in [1.82, 2.24) is 0 Å². The van der Waals surface area contributed by atoms with Crippen molar-refractivity contribution < 1.29 is 9.47 Å². The van der Waals surface area contributed by atoms with Crippen LogP contribution in [0.1, 0.15) is 170 Å². The van der Waals surface area contributed by atoms with Crippen LogP contribution in [-0.4, -0.2) is 24.4 Å². The van der Waals surface area contributed by atoms with Gasteiger partial charge in [-0.2, -0.15) is 0 Å². The van der Waals surface area contributed by atoms with Crippen LogP contribution in [0.5, 0.6) is 0 Å². The maximum Gasteiger partial charge on any atom is 0.0626 e. The van der Waals surface area contributed by atoms with Crippen LogP contribution in [-0.2, 0) is 9.47 Å². The molecule has 0 bridgehead atoms. The summed E-state index contributed by atoms with van der Waals surface area (Å²) in [5.41, 5.74) is 0.159. The lowest BCUT2D eigenvalue weighted by Gasteiger charge is -2.24. The van der Waals surface area contributed by atoms with E-state index in [0.717, 1.165) is 13.2 Å². The van der Waals surface area contributed by atoms with Gasteiger partial charge < -0.3 is 9.47 Å². The first kappa shape index (κ1) is 31.9. The third-order valence-corrected chi connectivity index (χ3v) is 6.88. The number of hydrogen-bond donors (Lipinski definition) is 0. The molecule has 0 aliphatic rings. The molecule has 32 heavy (non-hydrogen) atoms. The molecule has 0 spiro atoms. The van der Waals surface area contributed by atoms with Crippen molar-refractivity contribution in [3.8, 4) is 0 Å². The van der Waals surface area contributed by atoms with Crippen LogP contribution >= 0.6 is 0 Å².